The van der Waals surface area contributed by atoms with Crippen LogP contribution in [0.2, 0.25) is 0 Å². The predicted octanol–water partition coefficient (Wildman–Crippen LogP) is 0.817. The van der Waals surface area contributed by atoms with Crippen LogP contribution in [0.5, 0.6) is 0 Å². The van der Waals surface area contributed by atoms with Gasteiger partial charge in [-0.05, 0) is 18.6 Å². The van der Waals surface area contributed by atoms with Crippen molar-refractivity contribution in [3.63, 3.8) is 0 Å². The summed E-state index contributed by atoms with van der Waals surface area (Å²) in [7, 11) is 0. The monoisotopic (exact) mass is 278 g/mol. The summed E-state index contributed by atoms with van der Waals surface area (Å²) in [4.78, 5) is 23.3. The van der Waals surface area contributed by atoms with Crippen molar-refractivity contribution in [2.45, 2.75) is 12.5 Å². The van der Waals surface area contributed by atoms with Crippen LogP contribution in [-0.2, 0) is 9.59 Å². The summed E-state index contributed by atoms with van der Waals surface area (Å²) in [5.74, 6) is -2.36. The number of hydrogen-bond acceptors (Lipinski definition) is 3. The lowest BCUT2D eigenvalue weighted by atomic mass is 10.1. The van der Waals surface area contributed by atoms with Crippen LogP contribution in [0, 0.1) is 11.7 Å². The van der Waals surface area contributed by atoms with E-state index in [9.17, 15) is 14.0 Å². The number of hydrogen-bond donors (Lipinski definition) is 3. The van der Waals surface area contributed by atoms with Gasteiger partial charge in [-0.15, -0.1) is 0 Å². The van der Waals surface area contributed by atoms with E-state index in [-0.39, 0.29) is 24.3 Å². The third-order valence-electron chi connectivity index (χ3n) is 3.05. The van der Waals surface area contributed by atoms with E-state index in [1.807, 2.05) is 0 Å². The van der Waals surface area contributed by atoms with Gasteiger partial charge >= 0.3 is 11.8 Å². The molecule has 2 atom stereocenters. The maximum Gasteiger partial charge on any atom is 0.313 e. The van der Waals surface area contributed by atoms with Gasteiger partial charge in [-0.2, -0.15) is 0 Å². The Hall–Kier alpha value is -2.21. The number of halogens is 1. The summed E-state index contributed by atoms with van der Waals surface area (Å²) in [5, 5.41) is 13.7. The molecule has 1 aliphatic rings. The molecule has 0 spiro atoms. The van der Waals surface area contributed by atoms with Crippen molar-refractivity contribution in [1.29, 1.82) is 0 Å². The highest BCUT2D eigenvalue weighted by atomic mass is 19.1. The van der Waals surface area contributed by atoms with Crippen molar-refractivity contribution in [2.75, 3.05) is 11.9 Å². The average Bonchev–Trinajstić information content (AvgIpc) is 2.89. The zero-order chi connectivity index (χ0) is 14.5. The van der Waals surface area contributed by atoms with Gasteiger partial charge in [0.1, 0.15) is 5.82 Å². The smallest absolute Gasteiger partial charge is 0.313 e. The summed E-state index contributed by atoms with van der Waals surface area (Å²) in [5.41, 5.74) is -0.0390. The second-order valence-corrected chi connectivity index (χ2v) is 4.58. The Bertz CT molecular complexity index is 545. The first-order valence-electron chi connectivity index (χ1n) is 6.25. The Morgan fingerprint density at radius 3 is 2.65 bits per heavy atom. The Balaban J connectivity index is 1.89. The quantitative estimate of drug-likeness (QED) is 0.566. The lowest BCUT2D eigenvalue weighted by Gasteiger charge is -2.12. The molecule has 3 N–H and O–H groups in total. The minimum Gasteiger partial charge on any atom is -0.396 e. The van der Waals surface area contributed by atoms with Gasteiger partial charge in [0.25, 0.3) is 0 Å². The Labute approximate surface area is 115 Å². The van der Waals surface area contributed by atoms with E-state index in [1.54, 1.807) is 18.2 Å². The molecule has 0 saturated heterocycles. The number of rotatable bonds is 3. The maximum absolute atomic E-state index is 13.3. The molecule has 0 radical (unpaired) electrons. The number of amides is 2. The van der Waals surface area contributed by atoms with E-state index in [4.69, 9.17) is 5.11 Å². The molecule has 1 aliphatic carbocycles. The number of benzene rings is 1. The normalized spacial score (nSPS) is 20.7. The largest absolute Gasteiger partial charge is 0.396 e. The molecule has 0 aliphatic heterocycles. The molecule has 0 saturated carbocycles. The first-order valence-corrected chi connectivity index (χ1v) is 6.25. The van der Waals surface area contributed by atoms with Crippen molar-refractivity contribution in [1.82, 2.24) is 5.32 Å². The van der Waals surface area contributed by atoms with E-state index in [1.165, 1.54) is 18.2 Å². The van der Waals surface area contributed by atoms with Gasteiger partial charge in [-0.3, -0.25) is 9.59 Å². The van der Waals surface area contributed by atoms with Crippen LogP contribution in [0.1, 0.15) is 6.42 Å². The molecule has 20 heavy (non-hydrogen) atoms. The van der Waals surface area contributed by atoms with Crippen molar-refractivity contribution in [3.8, 4) is 0 Å². The third-order valence-corrected chi connectivity index (χ3v) is 3.05. The molecule has 0 fully saturated rings. The highest BCUT2D eigenvalue weighted by Gasteiger charge is 2.23. The molecule has 1 aromatic carbocycles. The van der Waals surface area contributed by atoms with Crippen molar-refractivity contribution >= 4 is 17.5 Å². The number of aliphatic hydroxyl groups excluding tert-OH is 1. The molecule has 2 rings (SSSR count). The van der Waals surface area contributed by atoms with E-state index in [0.717, 1.165) is 0 Å². The highest BCUT2D eigenvalue weighted by molar-refractivity contribution is 6.39. The van der Waals surface area contributed by atoms with Gasteiger partial charge < -0.3 is 15.7 Å². The lowest BCUT2D eigenvalue weighted by molar-refractivity contribution is -0.136. The number of nitrogens with one attached hydrogen (secondary N) is 2. The topological polar surface area (TPSA) is 78.4 Å². The molecule has 6 heteroatoms. The Morgan fingerprint density at radius 2 is 2.00 bits per heavy atom. The molecule has 106 valence electrons. The zero-order valence-corrected chi connectivity index (χ0v) is 10.7. The van der Waals surface area contributed by atoms with Crippen LogP contribution in [0.4, 0.5) is 10.1 Å². The molecule has 1 aromatic rings. The van der Waals surface area contributed by atoms with Gasteiger partial charge in [0.15, 0.2) is 0 Å². The fraction of sp³-hybridized carbons (Fsp3) is 0.286. The van der Waals surface area contributed by atoms with E-state index < -0.39 is 17.6 Å². The predicted molar refractivity (Wildman–Crippen MR) is 71.3 cm³/mol. The van der Waals surface area contributed by atoms with E-state index in [2.05, 4.69) is 10.6 Å². The lowest BCUT2D eigenvalue weighted by Crippen LogP contribution is -2.40. The minimum atomic E-state index is -0.920. The molecule has 0 aromatic heterocycles. The van der Waals surface area contributed by atoms with Crippen LogP contribution in [0.25, 0.3) is 0 Å². The summed E-state index contributed by atoms with van der Waals surface area (Å²) in [6, 6.07) is 5.33. The molecular weight excluding hydrogens is 263 g/mol. The van der Waals surface area contributed by atoms with Gasteiger partial charge in [-0.1, -0.05) is 24.3 Å². The highest BCUT2D eigenvalue weighted by Crippen LogP contribution is 2.17. The summed E-state index contributed by atoms with van der Waals surface area (Å²) in [6.07, 6.45) is 4.07. The van der Waals surface area contributed by atoms with E-state index in [0.29, 0.717) is 6.42 Å². The average molecular weight is 278 g/mol. The molecule has 0 unspecified atom stereocenters. The SMILES string of the molecule is O=C(Nc1ccccc1F)C(=O)N[C@@H]1C=C[C@H](CO)C1. The second kappa shape index (κ2) is 6.29. The molecule has 5 nitrogen and oxygen atoms in total. The van der Waals surface area contributed by atoms with Crippen LogP contribution >= 0.6 is 0 Å². The van der Waals surface area contributed by atoms with Gasteiger partial charge in [0.2, 0.25) is 0 Å². The number of anilines is 1. The van der Waals surface area contributed by atoms with Crippen molar-refractivity contribution in [3.05, 3.63) is 42.2 Å². The van der Waals surface area contributed by atoms with Crippen LogP contribution in [-0.4, -0.2) is 29.6 Å². The second-order valence-electron chi connectivity index (χ2n) is 4.58. The van der Waals surface area contributed by atoms with Crippen LogP contribution < -0.4 is 10.6 Å². The number of aliphatic hydroxyl groups is 1. The van der Waals surface area contributed by atoms with E-state index >= 15 is 0 Å². The third kappa shape index (κ3) is 3.42. The van der Waals surface area contributed by atoms with Crippen LogP contribution in [0.3, 0.4) is 0 Å². The fourth-order valence-corrected chi connectivity index (χ4v) is 1.99. The standard InChI is InChI=1S/C14H15FN2O3/c15-11-3-1-2-4-12(11)17-14(20)13(19)16-10-6-5-9(7-10)8-18/h1-6,9-10,18H,7-8H2,(H,16,19)(H,17,20)/t9-,10+/m0/s1. The summed E-state index contributed by atoms with van der Waals surface area (Å²) in [6.45, 7) is 0.00426. The molecule has 0 bridgehead atoms. The summed E-state index contributed by atoms with van der Waals surface area (Å²) >= 11 is 0. The minimum absolute atomic E-state index is 0.00426. The van der Waals surface area contributed by atoms with Gasteiger partial charge in [-0.25, -0.2) is 4.39 Å². The van der Waals surface area contributed by atoms with Crippen molar-refractivity contribution in [2.24, 2.45) is 5.92 Å². The zero-order valence-electron chi connectivity index (χ0n) is 10.7. The van der Waals surface area contributed by atoms with Crippen LogP contribution in [0.15, 0.2) is 36.4 Å². The maximum atomic E-state index is 13.3. The fourth-order valence-electron chi connectivity index (χ4n) is 1.99. The summed E-state index contributed by atoms with van der Waals surface area (Å²) < 4.78 is 13.3. The first-order chi connectivity index (χ1) is 9.60. The van der Waals surface area contributed by atoms with Crippen molar-refractivity contribution < 1.29 is 19.1 Å². The number of carbonyl (C=O) groups is 2. The molecular formula is C14H15FN2O3. The van der Waals surface area contributed by atoms with Gasteiger partial charge in [0.05, 0.1) is 5.69 Å². The molecule has 0 heterocycles. The first kappa shape index (κ1) is 14.2. The Kier molecular flexibility index (Phi) is 4.47. The van der Waals surface area contributed by atoms with Gasteiger partial charge in [0, 0.05) is 18.6 Å². The molecule has 2 amide bonds. The Morgan fingerprint density at radius 1 is 1.25 bits per heavy atom. The number of para-hydroxylation sites is 1. The number of carbonyl (C=O) groups excluding carboxylic acids is 2.